The third-order valence-electron chi connectivity index (χ3n) is 3.56. The number of carbonyl (C=O) groups is 1. The van der Waals surface area contributed by atoms with E-state index in [1.807, 2.05) is 74.3 Å². The Labute approximate surface area is 126 Å². The van der Waals surface area contributed by atoms with Crippen molar-refractivity contribution in [3.63, 3.8) is 0 Å². The first kappa shape index (κ1) is 15.1. The van der Waals surface area contributed by atoms with Gasteiger partial charge in [-0.15, -0.1) is 0 Å². The van der Waals surface area contributed by atoms with Gasteiger partial charge in [0.05, 0.1) is 5.56 Å². The second kappa shape index (κ2) is 6.93. The zero-order valence-corrected chi connectivity index (χ0v) is 12.9. The number of rotatable bonds is 5. The van der Waals surface area contributed by atoms with Crippen LogP contribution in [-0.2, 0) is 6.54 Å². The van der Waals surface area contributed by atoms with E-state index in [9.17, 15) is 4.79 Å². The highest BCUT2D eigenvalue weighted by Gasteiger charge is 2.17. The van der Waals surface area contributed by atoms with Gasteiger partial charge in [-0.1, -0.05) is 36.4 Å². The maximum absolute atomic E-state index is 12.8. The fourth-order valence-electron chi connectivity index (χ4n) is 2.35. The van der Waals surface area contributed by atoms with Crippen molar-refractivity contribution in [1.82, 2.24) is 4.90 Å². The van der Waals surface area contributed by atoms with Crippen LogP contribution < -0.4 is 5.32 Å². The fourth-order valence-corrected chi connectivity index (χ4v) is 2.35. The van der Waals surface area contributed by atoms with E-state index in [1.165, 1.54) is 0 Å². The van der Waals surface area contributed by atoms with Crippen LogP contribution in [0.5, 0.6) is 0 Å². The van der Waals surface area contributed by atoms with Crippen molar-refractivity contribution in [2.45, 2.75) is 20.4 Å². The highest BCUT2D eigenvalue weighted by atomic mass is 16.2. The molecule has 0 aliphatic rings. The van der Waals surface area contributed by atoms with Gasteiger partial charge in [0, 0.05) is 25.8 Å². The van der Waals surface area contributed by atoms with Crippen LogP contribution in [0.15, 0.2) is 48.5 Å². The summed E-state index contributed by atoms with van der Waals surface area (Å²) in [6.45, 7) is 5.35. The Morgan fingerprint density at radius 2 is 1.86 bits per heavy atom. The Kier molecular flexibility index (Phi) is 4.99. The largest absolute Gasteiger partial charge is 0.387 e. The zero-order valence-electron chi connectivity index (χ0n) is 12.9. The lowest BCUT2D eigenvalue weighted by atomic mass is 10.1. The normalized spacial score (nSPS) is 10.2. The molecule has 0 spiro atoms. The maximum Gasteiger partial charge on any atom is 0.256 e. The lowest BCUT2D eigenvalue weighted by Crippen LogP contribution is -2.30. The minimum Gasteiger partial charge on any atom is -0.387 e. The van der Waals surface area contributed by atoms with E-state index in [-0.39, 0.29) is 5.91 Å². The molecule has 0 aliphatic heterocycles. The summed E-state index contributed by atoms with van der Waals surface area (Å²) in [6, 6.07) is 16.0. The summed E-state index contributed by atoms with van der Waals surface area (Å²) in [5.41, 5.74) is 3.89. The molecule has 1 amide bonds. The Morgan fingerprint density at radius 3 is 2.48 bits per heavy atom. The zero-order chi connectivity index (χ0) is 15.2. The number of aryl methyl sites for hydroxylation is 1. The van der Waals surface area contributed by atoms with Crippen LogP contribution in [0.25, 0.3) is 0 Å². The monoisotopic (exact) mass is 282 g/mol. The number of carbonyl (C=O) groups excluding carboxylic acids is 1. The van der Waals surface area contributed by atoms with Crippen LogP contribution >= 0.6 is 0 Å². The third-order valence-corrected chi connectivity index (χ3v) is 3.56. The van der Waals surface area contributed by atoms with Gasteiger partial charge in [0.1, 0.15) is 0 Å². The first-order valence-electron chi connectivity index (χ1n) is 7.27. The molecule has 0 heterocycles. The smallest absolute Gasteiger partial charge is 0.256 e. The molecule has 0 bridgehead atoms. The van der Waals surface area contributed by atoms with Gasteiger partial charge in [-0.2, -0.15) is 0 Å². The van der Waals surface area contributed by atoms with Crippen LogP contribution in [-0.4, -0.2) is 24.4 Å². The van der Waals surface area contributed by atoms with E-state index < -0.39 is 0 Å². The van der Waals surface area contributed by atoms with E-state index in [1.54, 1.807) is 0 Å². The van der Waals surface area contributed by atoms with Crippen molar-refractivity contribution < 1.29 is 4.79 Å². The molecule has 0 atom stereocenters. The summed E-state index contributed by atoms with van der Waals surface area (Å²) in [6.07, 6.45) is 0. The molecule has 110 valence electrons. The summed E-state index contributed by atoms with van der Waals surface area (Å²) in [7, 11) is 1.85. The van der Waals surface area contributed by atoms with Crippen LogP contribution in [0.3, 0.4) is 0 Å². The number of hydrogen-bond acceptors (Lipinski definition) is 2. The first-order chi connectivity index (χ1) is 10.2. The molecule has 0 radical (unpaired) electrons. The summed E-state index contributed by atoms with van der Waals surface area (Å²) in [5.74, 6) is 0.0608. The molecule has 0 fully saturated rings. The predicted octanol–water partition coefficient (Wildman–Crippen LogP) is 3.70. The van der Waals surface area contributed by atoms with E-state index in [0.29, 0.717) is 13.1 Å². The SMILES string of the molecule is CCN(Cc1ccccc1)C(=O)c1ccc(C)cc1NC. The molecule has 2 aromatic carbocycles. The Bertz CT molecular complexity index is 608. The van der Waals surface area contributed by atoms with Crippen LogP contribution in [0.1, 0.15) is 28.4 Å². The quantitative estimate of drug-likeness (QED) is 0.907. The fraction of sp³-hybridized carbons (Fsp3) is 0.278. The number of nitrogens with zero attached hydrogens (tertiary/aromatic N) is 1. The number of nitrogens with one attached hydrogen (secondary N) is 1. The lowest BCUT2D eigenvalue weighted by molar-refractivity contribution is 0.0753. The first-order valence-corrected chi connectivity index (χ1v) is 7.27. The van der Waals surface area contributed by atoms with E-state index >= 15 is 0 Å². The highest BCUT2D eigenvalue weighted by molar-refractivity contribution is 5.99. The van der Waals surface area contributed by atoms with Crippen LogP contribution in [0, 0.1) is 6.92 Å². The predicted molar refractivity (Wildman–Crippen MR) is 87.6 cm³/mol. The van der Waals surface area contributed by atoms with Gasteiger partial charge in [-0.3, -0.25) is 4.79 Å². The second-order valence-corrected chi connectivity index (χ2v) is 5.10. The van der Waals surface area contributed by atoms with Gasteiger partial charge in [0.25, 0.3) is 5.91 Å². The molecular formula is C18H22N2O. The molecule has 1 N–H and O–H groups in total. The summed E-state index contributed by atoms with van der Waals surface area (Å²) in [5, 5.41) is 3.11. The van der Waals surface area contributed by atoms with Gasteiger partial charge in [0.15, 0.2) is 0 Å². The van der Waals surface area contributed by atoms with Crippen molar-refractivity contribution >= 4 is 11.6 Å². The van der Waals surface area contributed by atoms with Gasteiger partial charge in [-0.05, 0) is 37.1 Å². The van der Waals surface area contributed by atoms with Gasteiger partial charge >= 0.3 is 0 Å². The minimum absolute atomic E-state index is 0.0608. The molecule has 0 aliphatic carbocycles. The lowest BCUT2D eigenvalue weighted by Gasteiger charge is -2.22. The average Bonchev–Trinajstić information content (AvgIpc) is 2.52. The second-order valence-electron chi connectivity index (χ2n) is 5.10. The Hall–Kier alpha value is -2.29. The topological polar surface area (TPSA) is 32.3 Å². The molecule has 2 rings (SSSR count). The van der Waals surface area contributed by atoms with E-state index in [4.69, 9.17) is 0 Å². The molecule has 2 aromatic rings. The van der Waals surface area contributed by atoms with Gasteiger partial charge < -0.3 is 10.2 Å². The number of amides is 1. The van der Waals surface area contributed by atoms with Gasteiger partial charge in [0.2, 0.25) is 0 Å². The molecular weight excluding hydrogens is 260 g/mol. The van der Waals surface area contributed by atoms with E-state index in [2.05, 4.69) is 5.32 Å². The summed E-state index contributed by atoms with van der Waals surface area (Å²) >= 11 is 0. The Morgan fingerprint density at radius 1 is 1.14 bits per heavy atom. The minimum atomic E-state index is 0.0608. The van der Waals surface area contributed by atoms with Crippen molar-refractivity contribution in [3.05, 3.63) is 65.2 Å². The third kappa shape index (κ3) is 3.63. The van der Waals surface area contributed by atoms with Crippen molar-refractivity contribution in [1.29, 1.82) is 0 Å². The van der Waals surface area contributed by atoms with E-state index in [0.717, 1.165) is 22.4 Å². The molecule has 21 heavy (non-hydrogen) atoms. The van der Waals surface area contributed by atoms with Crippen molar-refractivity contribution in [2.24, 2.45) is 0 Å². The summed E-state index contributed by atoms with van der Waals surface area (Å²) < 4.78 is 0. The standard InChI is InChI=1S/C18H22N2O/c1-4-20(13-15-8-6-5-7-9-15)18(21)16-11-10-14(2)12-17(16)19-3/h5-12,19H,4,13H2,1-3H3. The molecule has 0 saturated heterocycles. The maximum atomic E-state index is 12.8. The Balaban J connectivity index is 2.24. The number of hydrogen-bond donors (Lipinski definition) is 1. The highest BCUT2D eigenvalue weighted by Crippen LogP contribution is 2.20. The molecule has 3 nitrogen and oxygen atoms in total. The number of anilines is 1. The molecule has 0 saturated carbocycles. The van der Waals surface area contributed by atoms with Crippen molar-refractivity contribution in [3.8, 4) is 0 Å². The van der Waals surface area contributed by atoms with Crippen LogP contribution in [0.4, 0.5) is 5.69 Å². The van der Waals surface area contributed by atoms with Crippen molar-refractivity contribution in [2.75, 3.05) is 18.9 Å². The molecule has 0 unspecified atom stereocenters. The summed E-state index contributed by atoms with van der Waals surface area (Å²) in [4.78, 5) is 14.6. The average molecular weight is 282 g/mol. The number of benzene rings is 2. The molecule has 3 heteroatoms. The van der Waals surface area contributed by atoms with Gasteiger partial charge in [-0.25, -0.2) is 0 Å². The molecule has 0 aromatic heterocycles. The van der Waals surface area contributed by atoms with Crippen LogP contribution in [0.2, 0.25) is 0 Å².